The monoisotopic (exact) mass is 341 g/mol. The van der Waals surface area contributed by atoms with Gasteiger partial charge in [-0.1, -0.05) is 30.3 Å². The number of carboxylic acid groups (broad SMARTS) is 1. The third-order valence-electron chi connectivity index (χ3n) is 5.52. The normalized spacial score (nSPS) is 17.5. The van der Waals surface area contributed by atoms with E-state index in [1.807, 2.05) is 42.2 Å². The van der Waals surface area contributed by atoms with Crippen LogP contribution in [0.3, 0.4) is 0 Å². The summed E-state index contributed by atoms with van der Waals surface area (Å²) in [6.07, 6.45) is 7.84. The summed E-state index contributed by atoms with van der Waals surface area (Å²) in [4.78, 5) is 18.7. The Morgan fingerprint density at radius 2 is 1.96 bits per heavy atom. The topological polar surface area (TPSA) is 58.4 Å². The lowest BCUT2D eigenvalue weighted by molar-refractivity contribution is -0.152. The van der Waals surface area contributed by atoms with E-state index >= 15 is 0 Å². The number of hydrogen-bond donors (Lipinski definition) is 1. The molecule has 0 saturated carbocycles. The maximum atomic E-state index is 12.0. The molecule has 1 fully saturated rings. The van der Waals surface area contributed by atoms with Crippen LogP contribution >= 0.6 is 0 Å². The smallest absolute Gasteiger partial charge is 0.309 e. The molecule has 1 aromatic heterocycles. The van der Waals surface area contributed by atoms with Gasteiger partial charge in [-0.15, -0.1) is 0 Å². The van der Waals surface area contributed by atoms with Crippen LogP contribution in [0.15, 0.2) is 42.7 Å². The molecular weight excluding hydrogens is 314 g/mol. The largest absolute Gasteiger partial charge is 0.481 e. The van der Waals surface area contributed by atoms with Crippen LogP contribution in [0.2, 0.25) is 0 Å². The molecule has 1 aromatic carbocycles. The summed E-state index contributed by atoms with van der Waals surface area (Å²) in [5.41, 5.74) is 0.725. The van der Waals surface area contributed by atoms with Crippen molar-refractivity contribution in [2.45, 2.75) is 38.6 Å². The number of carbonyl (C=O) groups is 1. The molecular formula is C20H27N3O2. The maximum absolute atomic E-state index is 12.0. The molecule has 5 nitrogen and oxygen atoms in total. The van der Waals surface area contributed by atoms with Crippen molar-refractivity contribution in [1.82, 2.24) is 14.5 Å². The van der Waals surface area contributed by atoms with E-state index in [-0.39, 0.29) is 0 Å². The number of nitrogens with zero attached hydrogens (tertiary/aromatic N) is 3. The number of piperidine rings is 1. The van der Waals surface area contributed by atoms with Gasteiger partial charge in [0.1, 0.15) is 5.82 Å². The quantitative estimate of drug-likeness (QED) is 0.841. The molecule has 0 unspecified atom stereocenters. The van der Waals surface area contributed by atoms with Crippen molar-refractivity contribution in [3.8, 4) is 0 Å². The molecule has 0 spiro atoms. The standard InChI is InChI=1S/C20H27N3O2/c1-22-15-12-21-18(22)16-23-13-10-20(11-14-23,19(24)25)9-5-8-17-6-3-2-4-7-17/h2-4,6-7,12,15H,5,8-11,13-14,16H2,1H3,(H,24,25). The highest BCUT2D eigenvalue weighted by atomic mass is 16.4. The summed E-state index contributed by atoms with van der Waals surface area (Å²) in [6.45, 7) is 2.44. The van der Waals surface area contributed by atoms with E-state index < -0.39 is 11.4 Å². The Labute approximate surface area is 149 Å². The second-order valence-electron chi connectivity index (χ2n) is 7.16. The SMILES string of the molecule is Cn1ccnc1CN1CCC(CCCc2ccccc2)(C(=O)O)CC1. The predicted molar refractivity (Wildman–Crippen MR) is 97.2 cm³/mol. The fourth-order valence-electron chi connectivity index (χ4n) is 3.73. The van der Waals surface area contributed by atoms with Crippen molar-refractivity contribution in [3.05, 3.63) is 54.1 Å². The van der Waals surface area contributed by atoms with Gasteiger partial charge in [-0.25, -0.2) is 4.98 Å². The van der Waals surface area contributed by atoms with Crippen molar-refractivity contribution in [2.24, 2.45) is 12.5 Å². The minimum Gasteiger partial charge on any atom is -0.481 e. The van der Waals surface area contributed by atoms with E-state index in [0.29, 0.717) is 0 Å². The fraction of sp³-hybridized carbons (Fsp3) is 0.500. The maximum Gasteiger partial charge on any atom is 0.309 e. The van der Waals surface area contributed by atoms with Gasteiger partial charge in [0.05, 0.1) is 12.0 Å². The van der Waals surface area contributed by atoms with Crippen LogP contribution in [-0.4, -0.2) is 38.6 Å². The molecule has 1 saturated heterocycles. The van der Waals surface area contributed by atoms with E-state index in [9.17, 15) is 9.90 Å². The first-order valence-corrected chi connectivity index (χ1v) is 9.05. The van der Waals surface area contributed by atoms with Gasteiger partial charge in [-0.3, -0.25) is 9.69 Å². The molecule has 134 valence electrons. The third kappa shape index (κ3) is 4.28. The Morgan fingerprint density at radius 3 is 2.56 bits per heavy atom. The van der Waals surface area contributed by atoms with Gasteiger partial charge >= 0.3 is 5.97 Å². The Hall–Kier alpha value is -2.14. The highest BCUT2D eigenvalue weighted by Crippen LogP contribution is 2.37. The molecule has 0 amide bonds. The Kier molecular flexibility index (Phi) is 5.53. The molecule has 0 bridgehead atoms. The van der Waals surface area contributed by atoms with Gasteiger partial charge in [-0.05, 0) is 50.8 Å². The van der Waals surface area contributed by atoms with Gasteiger partial charge < -0.3 is 9.67 Å². The van der Waals surface area contributed by atoms with Crippen molar-refractivity contribution in [2.75, 3.05) is 13.1 Å². The zero-order valence-electron chi connectivity index (χ0n) is 14.9. The lowest BCUT2D eigenvalue weighted by atomic mass is 9.74. The summed E-state index contributed by atoms with van der Waals surface area (Å²) in [7, 11) is 2.00. The Balaban J connectivity index is 1.53. The number of aliphatic carboxylic acids is 1. The second-order valence-corrected chi connectivity index (χ2v) is 7.16. The first-order chi connectivity index (χ1) is 12.1. The van der Waals surface area contributed by atoms with Gasteiger partial charge in [0, 0.05) is 19.4 Å². The van der Waals surface area contributed by atoms with E-state index in [2.05, 4.69) is 22.0 Å². The molecule has 1 aliphatic heterocycles. The van der Waals surface area contributed by atoms with Crippen molar-refractivity contribution in [1.29, 1.82) is 0 Å². The van der Waals surface area contributed by atoms with Crippen molar-refractivity contribution >= 4 is 5.97 Å². The molecule has 5 heteroatoms. The first-order valence-electron chi connectivity index (χ1n) is 9.05. The fourth-order valence-corrected chi connectivity index (χ4v) is 3.73. The molecule has 2 aromatic rings. The highest BCUT2D eigenvalue weighted by molar-refractivity contribution is 5.74. The van der Waals surface area contributed by atoms with Crippen LogP contribution in [0.1, 0.15) is 37.1 Å². The number of aromatic nitrogens is 2. The molecule has 3 rings (SSSR count). The average molecular weight is 341 g/mol. The van der Waals surface area contributed by atoms with E-state index in [0.717, 1.165) is 57.6 Å². The molecule has 1 N–H and O–H groups in total. The lowest BCUT2D eigenvalue weighted by Crippen LogP contribution is -2.44. The van der Waals surface area contributed by atoms with Gasteiger partial charge in [-0.2, -0.15) is 0 Å². The van der Waals surface area contributed by atoms with Crippen LogP contribution in [0.4, 0.5) is 0 Å². The first kappa shape index (κ1) is 17.7. The van der Waals surface area contributed by atoms with Crippen LogP contribution in [0, 0.1) is 5.41 Å². The molecule has 0 aliphatic carbocycles. The summed E-state index contributed by atoms with van der Waals surface area (Å²) >= 11 is 0. The predicted octanol–water partition coefficient (Wildman–Crippen LogP) is 3.11. The minimum absolute atomic E-state index is 0.563. The highest BCUT2D eigenvalue weighted by Gasteiger charge is 2.40. The minimum atomic E-state index is -0.628. The van der Waals surface area contributed by atoms with E-state index in [1.54, 1.807) is 0 Å². The number of likely N-dealkylation sites (tertiary alicyclic amines) is 1. The van der Waals surface area contributed by atoms with E-state index in [4.69, 9.17) is 0 Å². The molecule has 0 atom stereocenters. The number of imidazole rings is 1. The third-order valence-corrected chi connectivity index (χ3v) is 5.52. The molecule has 1 aliphatic rings. The molecule has 0 radical (unpaired) electrons. The lowest BCUT2D eigenvalue weighted by Gasteiger charge is -2.38. The average Bonchev–Trinajstić information content (AvgIpc) is 3.02. The van der Waals surface area contributed by atoms with Crippen LogP contribution in [-0.2, 0) is 24.8 Å². The number of aryl methyl sites for hydroxylation is 2. The van der Waals surface area contributed by atoms with Crippen molar-refractivity contribution < 1.29 is 9.90 Å². The van der Waals surface area contributed by atoms with Crippen molar-refractivity contribution in [3.63, 3.8) is 0 Å². The zero-order valence-corrected chi connectivity index (χ0v) is 14.9. The van der Waals surface area contributed by atoms with Crippen LogP contribution in [0.25, 0.3) is 0 Å². The van der Waals surface area contributed by atoms with E-state index in [1.165, 1.54) is 5.56 Å². The van der Waals surface area contributed by atoms with Gasteiger partial charge in [0.15, 0.2) is 0 Å². The molecule has 2 heterocycles. The van der Waals surface area contributed by atoms with Crippen LogP contribution in [0.5, 0.6) is 0 Å². The summed E-state index contributed by atoms with van der Waals surface area (Å²) in [5.74, 6) is 0.407. The summed E-state index contributed by atoms with van der Waals surface area (Å²) in [6, 6.07) is 10.3. The van der Waals surface area contributed by atoms with Gasteiger partial charge in [0.2, 0.25) is 0 Å². The van der Waals surface area contributed by atoms with Gasteiger partial charge in [0.25, 0.3) is 0 Å². The number of hydrogen-bond acceptors (Lipinski definition) is 3. The second kappa shape index (κ2) is 7.83. The summed E-state index contributed by atoms with van der Waals surface area (Å²) in [5, 5.41) is 9.84. The number of carboxylic acids is 1. The Bertz CT molecular complexity index is 688. The van der Waals surface area contributed by atoms with Crippen LogP contribution < -0.4 is 0 Å². The number of rotatable bonds is 7. The summed E-state index contributed by atoms with van der Waals surface area (Å²) < 4.78 is 2.03. The molecule has 25 heavy (non-hydrogen) atoms. The zero-order chi connectivity index (χ0) is 17.7. The number of benzene rings is 1. The Morgan fingerprint density at radius 1 is 1.24 bits per heavy atom.